The van der Waals surface area contributed by atoms with E-state index in [0.29, 0.717) is 39.6 Å². The third-order valence-corrected chi connectivity index (χ3v) is 10.1. The first kappa shape index (κ1) is 23.9. The Morgan fingerprint density at radius 1 is 0.411 bits per heavy atom. The Kier molecular flexibility index (Phi) is 5.57. The molecule has 3 aromatic heterocycles. The highest BCUT2D eigenvalue weighted by Gasteiger charge is 2.17. The predicted octanol–water partition coefficient (Wildman–Crippen LogP) is 13.2. The average Bonchev–Trinajstić information content (AvgIpc) is 3.90. The van der Waals surface area contributed by atoms with Crippen LogP contribution < -0.4 is 0 Å². The number of aromatic nitrogens is 4. The van der Waals surface area contributed by atoms with Gasteiger partial charge < -0.3 is 8.98 Å². The van der Waals surface area contributed by atoms with Crippen molar-refractivity contribution in [3.05, 3.63) is 194 Å². The van der Waals surface area contributed by atoms with E-state index in [9.17, 15) is 0 Å². The van der Waals surface area contributed by atoms with Gasteiger partial charge in [-0.1, -0.05) is 158 Å². The number of benzene rings is 8. The molecular formula is C51H32N4O. The van der Waals surface area contributed by atoms with Crippen molar-refractivity contribution >= 4 is 43.7 Å². The van der Waals surface area contributed by atoms with Crippen LogP contribution >= 0.6 is 0 Å². The highest BCUT2D eigenvalue weighted by atomic mass is 16.3. The summed E-state index contributed by atoms with van der Waals surface area (Å²) in [5.41, 5.74) is 7.07. The van der Waals surface area contributed by atoms with Crippen LogP contribution in [0, 0.1) is 0 Å². The lowest BCUT2D eigenvalue weighted by molar-refractivity contribution is 0.669. The Morgan fingerprint density at radius 3 is 1.79 bits per heavy atom. The molecule has 262 valence electrons. The van der Waals surface area contributed by atoms with Crippen LogP contribution in [0.4, 0.5) is 0 Å². The lowest BCUT2D eigenvalue weighted by Gasteiger charge is -2.13. The van der Waals surface area contributed by atoms with E-state index in [4.69, 9.17) is 31.7 Å². The molecule has 0 unspecified atom stereocenters. The van der Waals surface area contributed by atoms with Crippen LogP contribution in [-0.4, -0.2) is 19.5 Å². The van der Waals surface area contributed by atoms with E-state index < -0.39 is 42.3 Å². The molecule has 5 heteroatoms. The maximum absolute atomic E-state index is 9.06. The number of rotatable bonds is 6. The van der Waals surface area contributed by atoms with Crippen LogP contribution in [0.1, 0.15) is 12.3 Å². The minimum atomic E-state index is -0.521. The number of fused-ring (bicyclic) bond motifs is 6. The van der Waals surface area contributed by atoms with E-state index in [1.165, 1.54) is 0 Å². The van der Waals surface area contributed by atoms with E-state index in [1.807, 2.05) is 121 Å². The van der Waals surface area contributed by atoms with Gasteiger partial charge in [-0.25, -0.2) is 15.0 Å². The molecule has 0 aliphatic rings. The van der Waals surface area contributed by atoms with Crippen LogP contribution in [-0.2, 0) is 0 Å². The first-order valence-electron chi connectivity index (χ1n) is 22.5. The molecule has 0 aliphatic carbocycles. The molecule has 8 aromatic carbocycles. The van der Waals surface area contributed by atoms with E-state index >= 15 is 0 Å². The van der Waals surface area contributed by atoms with Crippen molar-refractivity contribution in [1.82, 2.24) is 19.5 Å². The fourth-order valence-electron chi connectivity index (χ4n) is 7.44. The van der Waals surface area contributed by atoms with Crippen LogP contribution in [0.2, 0.25) is 0 Å². The molecule has 0 fully saturated rings. The van der Waals surface area contributed by atoms with Crippen LogP contribution in [0.25, 0.3) is 106 Å². The van der Waals surface area contributed by atoms with Gasteiger partial charge in [0.1, 0.15) is 11.2 Å². The monoisotopic (exact) mass is 725 g/mol. The summed E-state index contributed by atoms with van der Waals surface area (Å²) < 4.78 is 85.6. The fourth-order valence-corrected chi connectivity index (χ4v) is 7.44. The molecule has 0 radical (unpaired) electrons. The van der Waals surface area contributed by atoms with Crippen molar-refractivity contribution in [2.45, 2.75) is 0 Å². The summed E-state index contributed by atoms with van der Waals surface area (Å²) in [6.07, 6.45) is 0. The molecule has 0 aliphatic heterocycles. The van der Waals surface area contributed by atoms with Crippen molar-refractivity contribution in [1.29, 1.82) is 0 Å². The standard InChI is InChI=1S/C51H32N4O/c1-3-12-35(13-4-1)40-18-11-19-44-41-16-7-9-20-45(41)55(48(40)44)39-29-26-34(27-30-39)33-22-24-37(25-23-33)50-52-49(36-14-5-2-6-15-36)53-51(54-50)38-28-31-43-42-17-8-10-21-46(42)56-47(43)32-38/h1-32H/i1D,3D,4D,7D,9D,12D,13D,16D,20D. The Bertz CT molecular complexity index is 3730. The van der Waals surface area contributed by atoms with E-state index in [2.05, 4.69) is 0 Å². The zero-order chi connectivity index (χ0) is 44.8. The lowest BCUT2D eigenvalue weighted by Crippen LogP contribution is -2.00. The molecule has 0 saturated heterocycles. The molecule has 0 saturated carbocycles. The second-order valence-corrected chi connectivity index (χ2v) is 13.4. The molecule has 5 nitrogen and oxygen atoms in total. The SMILES string of the molecule is [2H]c1c([2H])c([2H])c(-c2cccc3c4c([2H])c([2H])c([2H])c([2H])c4n(-c4ccc(-c5ccc(-c6nc(-c7ccccc7)nc(-c7ccc8c(c7)oc7ccccc78)n6)cc5)cc4)c23)c([2H])c1[2H]. The van der Waals surface area contributed by atoms with Gasteiger partial charge in [-0.2, -0.15) is 0 Å². The van der Waals surface area contributed by atoms with Crippen LogP contribution in [0.5, 0.6) is 0 Å². The number of hydrogen-bond donors (Lipinski definition) is 0. The number of para-hydroxylation sites is 3. The first-order valence-corrected chi connectivity index (χ1v) is 18.0. The summed E-state index contributed by atoms with van der Waals surface area (Å²) in [7, 11) is 0. The molecule has 0 N–H and O–H groups in total. The van der Waals surface area contributed by atoms with E-state index in [-0.39, 0.29) is 28.6 Å². The van der Waals surface area contributed by atoms with Gasteiger partial charge in [0.25, 0.3) is 0 Å². The third kappa shape index (κ3) is 5.37. The number of hydrogen-bond acceptors (Lipinski definition) is 4. The van der Waals surface area contributed by atoms with Gasteiger partial charge in [0, 0.05) is 49.5 Å². The normalized spacial score (nSPS) is 13.8. The summed E-state index contributed by atoms with van der Waals surface area (Å²) in [6.45, 7) is 0. The molecule has 0 amide bonds. The fraction of sp³-hybridized carbons (Fsp3) is 0. The molecule has 56 heavy (non-hydrogen) atoms. The quantitative estimate of drug-likeness (QED) is 0.171. The molecule has 11 aromatic rings. The Hall–Kier alpha value is -7.63. The van der Waals surface area contributed by atoms with Gasteiger partial charge in [0.2, 0.25) is 0 Å². The highest BCUT2D eigenvalue weighted by molar-refractivity contribution is 6.13. The highest BCUT2D eigenvalue weighted by Crippen LogP contribution is 2.39. The largest absolute Gasteiger partial charge is 0.456 e. The Morgan fingerprint density at radius 2 is 1.00 bits per heavy atom. The zero-order valence-corrected chi connectivity index (χ0v) is 29.5. The van der Waals surface area contributed by atoms with Crippen molar-refractivity contribution in [2.75, 3.05) is 0 Å². The minimum Gasteiger partial charge on any atom is -0.456 e. The van der Waals surface area contributed by atoms with Crippen molar-refractivity contribution in [3.63, 3.8) is 0 Å². The average molecular weight is 726 g/mol. The topological polar surface area (TPSA) is 56.7 Å². The van der Waals surface area contributed by atoms with Gasteiger partial charge in [0.15, 0.2) is 17.5 Å². The second-order valence-electron chi connectivity index (χ2n) is 13.4. The third-order valence-electron chi connectivity index (χ3n) is 10.1. The molecule has 0 spiro atoms. The van der Waals surface area contributed by atoms with Crippen molar-refractivity contribution < 1.29 is 16.8 Å². The van der Waals surface area contributed by atoms with Gasteiger partial charge in [-0.15, -0.1) is 0 Å². The summed E-state index contributed by atoms with van der Waals surface area (Å²) >= 11 is 0. The maximum Gasteiger partial charge on any atom is 0.164 e. The summed E-state index contributed by atoms with van der Waals surface area (Å²) in [6, 6.07) is 40.4. The number of nitrogens with zero attached hydrogens (tertiary/aromatic N) is 4. The maximum atomic E-state index is 9.06. The van der Waals surface area contributed by atoms with Gasteiger partial charge >= 0.3 is 0 Å². The van der Waals surface area contributed by atoms with Gasteiger partial charge in [-0.3, -0.25) is 0 Å². The predicted molar refractivity (Wildman–Crippen MR) is 229 cm³/mol. The number of furan rings is 1. The molecule has 3 heterocycles. The van der Waals surface area contributed by atoms with Crippen molar-refractivity contribution in [3.8, 4) is 62.1 Å². The Labute approximate surface area is 335 Å². The molecule has 0 bridgehead atoms. The summed E-state index contributed by atoms with van der Waals surface area (Å²) in [4.78, 5) is 14.8. The zero-order valence-electron chi connectivity index (χ0n) is 38.5. The van der Waals surface area contributed by atoms with Crippen molar-refractivity contribution in [2.24, 2.45) is 0 Å². The van der Waals surface area contributed by atoms with E-state index in [0.717, 1.165) is 49.8 Å². The molecule has 11 rings (SSSR count). The summed E-state index contributed by atoms with van der Waals surface area (Å²) in [5, 5.41) is 2.75. The molecular weight excluding hydrogens is 685 g/mol. The smallest absolute Gasteiger partial charge is 0.164 e. The van der Waals surface area contributed by atoms with Gasteiger partial charge in [-0.05, 0) is 53.1 Å². The van der Waals surface area contributed by atoms with E-state index in [1.54, 1.807) is 22.8 Å². The lowest BCUT2D eigenvalue weighted by atomic mass is 10.0. The molecule has 0 atom stereocenters. The first-order chi connectivity index (χ1) is 31.5. The Balaban J connectivity index is 1.01. The second kappa shape index (κ2) is 13.0. The minimum absolute atomic E-state index is 0.0360. The van der Waals surface area contributed by atoms with Crippen LogP contribution in [0.3, 0.4) is 0 Å². The summed E-state index contributed by atoms with van der Waals surface area (Å²) in [5.74, 6) is 1.52. The van der Waals surface area contributed by atoms with Crippen LogP contribution in [0.15, 0.2) is 198 Å². The van der Waals surface area contributed by atoms with Gasteiger partial charge in [0.05, 0.1) is 23.4 Å².